The monoisotopic (exact) mass is 542 g/mol. The fourth-order valence-electron chi connectivity index (χ4n) is 4.17. The SMILES string of the molecule is CCOC(=O)C1=C(CCC(Br)c2ccccc2)NC(C)=C(C(=O)OC)C1c1cccc([N+](=O)[O-])c1. The molecular weight excluding hydrogens is 516 g/mol. The van der Waals surface area contributed by atoms with E-state index >= 15 is 0 Å². The molecular formula is C26H27BrN2O6. The fraction of sp³-hybridized carbons (Fsp3) is 0.308. The first kappa shape index (κ1) is 26.2. The van der Waals surface area contributed by atoms with E-state index in [1.165, 1.54) is 25.3 Å². The number of nitrogens with zero attached hydrogens (tertiary/aromatic N) is 1. The number of nitro benzene ring substituents is 1. The van der Waals surface area contributed by atoms with Crippen LogP contribution in [0.5, 0.6) is 0 Å². The molecule has 2 unspecified atom stereocenters. The van der Waals surface area contributed by atoms with Crippen molar-refractivity contribution in [2.45, 2.75) is 37.4 Å². The summed E-state index contributed by atoms with van der Waals surface area (Å²) in [6.45, 7) is 3.56. The van der Waals surface area contributed by atoms with E-state index in [4.69, 9.17) is 9.47 Å². The van der Waals surface area contributed by atoms with Crippen LogP contribution < -0.4 is 5.32 Å². The number of methoxy groups -OCH3 is 1. The molecule has 0 fully saturated rings. The van der Waals surface area contributed by atoms with Gasteiger partial charge in [-0.1, -0.05) is 58.4 Å². The minimum absolute atomic E-state index is 0.0315. The third-order valence-electron chi connectivity index (χ3n) is 5.77. The van der Waals surface area contributed by atoms with Crippen LogP contribution in [0.25, 0.3) is 0 Å². The topological polar surface area (TPSA) is 108 Å². The van der Waals surface area contributed by atoms with Crippen molar-refractivity contribution >= 4 is 33.6 Å². The van der Waals surface area contributed by atoms with Gasteiger partial charge in [0, 0.05) is 28.4 Å². The number of dihydropyridines is 1. The molecule has 0 spiro atoms. The minimum Gasteiger partial charge on any atom is -0.466 e. The van der Waals surface area contributed by atoms with Crippen LogP contribution >= 0.6 is 15.9 Å². The number of rotatable bonds is 9. The molecule has 0 amide bonds. The van der Waals surface area contributed by atoms with Crippen molar-refractivity contribution in [3.8, 4) is 0 Å². The fourth-order valence-corrected chi connectivity index (χ4v) is 4.71. The number of hydrogen-bond acceptors (Lipinski definition) is 7. The second-order valence-corrected chi connectivity index (χ2v) is 9.08. The molecule has 1 aliphatic heterocycles. The highest BCUT2D eigenvalue weighted by Crippen LogP contribution is 2.42. The van der Waals surface area contributed by atoms with E-state index < -0.39 is 22.8 Å². The smallest absolute Gasteiger partial charge is 0.336 e. The van der Waals surface area contributed by atoms with Crippen molar-refractivity contribution in [3.63, 3.8) is 0 Å². The summed E-state index contributed by atoms with van der Waals surface area (Å²) in [4.78, 5) is 37.0. The molecule has 8 nitrogen and oxygen atoms in total. The van der Waals surface area contributed by atoms with Gasteiger partial charge in [-0.25, -0.2) is 9.59 Å². The van der Waals surface area contributed by atoms with E-state index in [1.54, 1.807) is 19.9 Å². The molecule has 0 radical (unpaired) electrons. The Labute approximate surface area is 212 Å². The number of esters is 2. The van der Waals surface area contributed by atoms with Crippen LogP contribution in [0.15, 0.2) is 77.1 Å². The quantitative estimate of drug-likeness (QED) is 0.194. The lowest BCUT2D eigenvalue weighted by Gasteiger charge is -2.31. The number of allylic oxidation sites excluding steroid dienone is 2. The summed E-state index contributed by atoms with van der Waals surface area (Å²) in [5.41, 5.74) is 2.95. The van der Waals surface area contributed by atoms with Crippen molar-refractivity contribution in [3.05, 3.63) is 98.4 Å². The maximum absolute atomic E-state index is 13.2. The molecule has 1 heterocycles. The van der Waals surface area contributed by atoms with Gasteiger partial charge in [0.25, 0.3) is 5.69 Å². The summed E-state index contributed by atoms with van der Waals surface area (Å²) in [6, 6.07) is 15.8. The molecule has 2 aromatic carbocycles. The van der Waals surface area contributed by atoms with Gasteiger partial charge in [0.1, 0.15) is 0 Å². The molecule has 1 aliphatic rings. The Morgan fingerprint density at radius 3 is 2.46 bits per heavy atom. The van der Waals surface area contributed by atoms with E-state index in [-0.39, 0.29) is 28.3 Å². The molecule has 0 bridgehead atoms. The lowest BCUT2D eigenvalue weighted by molar-refractivity contribution is -0.384. The first-order valence-electron chi connectivity index (χ1n) is 11.2. The zero-order valence-electron chi connectivity index (χ0n) is 19.7. The lowest BCUT2D eigenvalue weighted by Crippen LogP contribution is -2.33. The average Bonchev–Trinajstić information content (AvgIpc) is 2.86. The number of hydrogen-bond donors (Lipinski definition) is 1. The minimum atomic E-state index is -0.886. The molecule has 1 N–H and O–H groups in total. The zero-order chi connectivity index (χ0) is 25.5. The molecule has 0 aliphatic carbocycles. The first-order valence-corrected chi connectivity index (χ1v) is 12.1. The van der Waals surface area contributed by atoms with E-state index in [0.717, 1.165) is 5.56 Å². The lowest BCUT2D eigenvalue weighted by atomic mass is 9.79. The van der Waals surface area contributed by atoms with Gasteiger partial charge in [-0.2, -0.15) is 0 Å². The number of carbonyl (C=O) groups excluding carboxylic acids is 2. The highest BCUT2D eigenvalue weighted by Gasteiger charge is 2.39. The third kappa shape index (κ3) is 5.97. The van der Waals surface area contributed by atoms with E-state index in [0.29, 0.717) is 29.8 Å². The molecule has 9 heteroatoms. The van der Waals surface area contributed by atoms with E-state index in [9.17, 15) is 19.7 Å². The van der Waals surface area contributed by atoms with Crippen LogP contribution in [0.3, 0.4) is 0 Å². The van der Waals surface area contributed by atoms with Crippen molar-refractivity contribution in [1.82, 2.24) is 5.32 Å². The number of alkyl halides is 1. The van der Waals surface area contributed by atoms with Crippen molar-refractivity contribution in [2.24, 2.45) is 0 Å². The van der Waals surface area contributed by atoms with E-state index in [1.807, 2.05) is 30.3 Å². The summed E-state index contributed by atoms with van der Waals surface area (Å²) < 4.78 is 10.4. The Balaban J connectivity index is 2.12. The molecule has 0 saturated carbocycles. The van der Waals surface area contributed by atoms with Crippen LogP contribution in [0.1, 0.15) is 48.6 Å². The highest BCUT2D eigenvalue weighted by molar-refractivity contribution is 9.09. The molecule has 0 saturated heterocycles. The van der Waals surface area contributed by atoms with Gasteiger partial charge in [-0.05, 0) is 37.8 Å². The zero-order valence-corrected chi connectivity index (χ0v) is 21.3. The van der Waals surface area contributed by atoms with Gasteiger partial charge in [0.2, 0.25) is 0 Å². The molecule has 35 heavy (non-hydrogen) atoms. The maximum Gasteiger partial charge on any atom is 0.336 e. The summed E-state index contributed by atoms with van der Waals surface area (Å²) in [5, 5.41) is 14.7. The number of carbonyl (C=O) groups is 2. The molecule has 2 aromatic rings. The second kappa shape index (κ2) is 11.8. The Bertz CT molecular complexity index is 1180. The Hall–Kier alpha value is -3.46. The van der Waals surface area contributed by atoms with Crippen LogP contribution in [-0.2, 0) is 19.1 Å². The van der Waals surface area contributed by atoms with Gasteiger partial charge < -0.3 is 14.8 Å². The number of nitro groups is 1. The Kier molecular flexibility index (Phi) is 8.81. The van der Waals surface area contributed by atoms with Crippen molar-refractivity contribution in [1.29, 1.82) is 0 Å². The first-order chi connectivity index (χ1) is 16.8. The number of non-ortho nitro benzene ring substituents is 1. The largest absolute Gasteiger partial charge is 0.466 e. The second-order valence-electron chi connectivity index (χ2n) is 7.97. The van der Waals surface area contributed by atoms with Crippen molar-refractivity contribution < 1.29 is 24.0 Å². The number of benzene rings is 2. The Morgan fingerprint density at radius 2 is 1.83 bits per heavy atom. The predicted molar refractivity (Wildman–Crippen MR) is 135 cm³/mol. The van der Waals surface area contributed by atoms with Gasteiger partial charge >= 0.3 is 11.9 Å². The van der Waals surface area contributed by atoms with Crippen LogP contribution in [-0.4, -0.2) is 30.6 Å². The van der Waals surface area contributed by atoms with Crippen LogP contribution in [0.4, 0.5) is 5.69 Å². The van der Waals surface area contributed by atoms with Gasteiger partial charge in [-0.3, -0.25) is 10.1 Å². The van der Waals surface area contributed by atoms with Crippen molar-refractivity contribution in [2.75, 3.05) is 13.7 Å². The summed E-state index contributed by atoms with van der Waals surface area (Å²) in [5.74, 6) is -2.11. The van der Waals surface area contributed by atoms with E-state index in [2.05, 4.69) is 21.2 Å². The van der Waals surface area contributed by atoms with Crippen LogP contribution in [0.2, 0.25) is 0 Å². The Morgan fingerprint density at radius 1 is 1.11 bits per heavy atom. The number of halogens is 1. The van der Waals surface area contributed by atoms with Gasteiger partial charge in [-0.15, -0.1) is 0 Å². The highest BCUT2D eigenvalue weighted by atomic mass is 79.9. The normalized spacial score (nSPS) is 16.4. The summed E-state index contributed by atoms with van der Waals surface area (Å²) in [7, 11) is 1.26. The maximum atomic E-state index is 13.2. The number of nitrogens with one attached hydrogen (secondary N) is 1. The summed E-state index contributed by atoms with van der Waals surface area (Å²) in [6.07, 6.45) is 1.12. The standard InChI is InChI=1S/C26H27BrN2O6/c1-4-35-26(31)24-21(14-13-20(27)17-9-6-5-7-10-17)28-16(2)22(25(30)34-3)23(24)18-11-8-12-19(15-18)29(32)33/h5-12,15,20,23,28H,4,13-14H2,1-3H3. The third-order valence-corrected chi connectivity index (χ3v) is 6.76. The summed E-state index contributed by atoms with van der Waals surface area (Å²) >= 11 is 3.72. The predicted octanol–water partition coefficient (Wildman–Crippen LogP) is 5.46. The molecule has 3 rings (SSSR count). The molecule has 0 aromatic heterocycles. The number of ether oxygens (including phenoxy) is 2. The average molecular weight is 543 g/mol. The molecule has 2 atom stereocenters. The molecule has 184 valence electrons. The van der Waals surface area contributed by atoms with Gasteiger partial charge in [0.15, 0.2) is 0 Å². The van der Waals surface area contributed by atoms with Crippen LogP contribution in [0, 0.1) is 10.1 Å². The van der Waals surface area contributed by atoms with Gasteiger partial charge in [0.05, 0.1) is 35.7 Å².